The molecule has 1 atom stereocenters. The summed E-state index contributed by atoms with van der Waals surface area (Å²) >= 11 is 1.59. The Morgan fingerprint density at radius 3 is 2.43 bits per heavy atom. The highest BCUT2D eigenvalue weighted by Gasteiger charge is 2.26. The lowest BCUT2D eigenvalue weighted by Crippen LogP contribution is -2.31. The molecule has 3 heterocycles. The van der Waals surface area contributed by atoms with E-state index in [1.54, 1.807) is 32.7 Å². The average molecular weight is 428 g/mol. The van der Waals surface area contributed by atoms with Gasteiger partial charge in [-0.15, -0.1) is 21.5 Å². The van der Waals surface area contributed by atoms with Crippen LogP contribution in [0.15, 0.2) is 40.1 Å². The number of hydrogen-bond acceptors (Lipinski definition) is 8. The zero-order valence-electron chi connectivity index (χ0n) is 17.5. The van der Waals surface area contributed by atoms with Crippen molar-refractivity contribution in [2.75, 3.05) is 34.4 Å². The maximum Gasteiger partial charge on any atom is 0.257 e. The Labute approximate surface area is 179 Å². The molecule has 7 nitrogen and oxygen atoms in total. The van der Waals surface area contributed by atoms with Gasteiger partial charge in [-0.05, 0) is 30.4 Å². The largest absolute Gasteiger partial charge is 0.496 e. The average Bonchev–Trinajstić information content (AvgIpc) is 3.49. The van der Waals surface area contributed by atoms with Crippen molar-refractivity contribution in [3.63, 3.8) is 0 Å². The maximum absolute atomic E-state index is 5.93. The third-order valence-electron chi connectivity index (χ3n) is 5.35. The van der Waals surface area contributed by atoms with Gasteiger partial charge in [0.05, 0.1) is 37.8 Å². The van der Waals surface area contributed by atoms with Crippen LogP contribution in [0.1, 0.15) is 30.8 Å². The highest BCUT2D eigenvalue weighted by atomic mass is 32.1. The smallest absolute Gasteiger partial charge is 0.257 e. The van der Waals surface area contributed by atoms with Crippen molar-refractivity contribution >= 4 is 16.9 Å². The van der Waals surface area contributed by atoms with E-state index in [2.05, 4.69) is 28.1 Å². The van der Waals surface area contributed by atoms with Crippen molar-refractivity contribution in [3.8, 4) is 28.0 Å². The van der Waals surface area contributed by atoms with Gasteiger partial charge in [0, 0.05) is 25.2 Å². The Balaban J connectivity index is 1.53. The van der Waals surface area contributed by atoms with E-state index in [1.165, 1.54) is 5.57 Å². The van der Waals surface area contributed by atoms with E-state index in [9.17, 15) is 0 Å². The van der Waals surface area contributed by atoms with E-state index < -0.39 is 0 Å². The molecule has 0 amide bonds. The first kappa shape index (κ1) is 20.4. The number of methoxy groups -OCH3 is 3. The number of rotatable bonds is 7. The second kappa shape index (κ2) is 8.89. The van der Waals surface area contributed by atoms with Gasteiger partial charge in [0.2, 0.25) is 5.89 Å². The first-order chi connectivity index (χ1) is 14.6. The molecule has 0 N–H and O–H groups in total. The SMILES string of the molecule is COc1cc(OC)c(C2=CCN(C(C)c3nnc(-c4cccs4)o3)CC2)c(OC)c1. The number of nitrogens with zero attached hydrogens (tertiary/aromatic N) is 3. The summed E-state index contributed by atoms with van der Waals surface area (Å²) in [6, 6.07) is 7.77. The van der Waals surface area contributed by atoms with Crippen molar-refractivity contribution < 1.29 is 18.6 Å². The molecule has 158 valence electrons. The van der Waals surface area contributed by atoms with Gasteiger partial charge in [-0.2, -0.15) is 0 Å². The molecular formula is C22H25N3O4S. The monoisotopic (exact) mass is 427 g/mol. The van der Waals surface area contributed by atoms with E-state index in [-0.39, 0.29) is 6.04 Å². The summed E-state index contributed by atoms with van der Waals surface area (Å²) < 4.78 is 22.5. The van der Waals surface area contributed by atoms with Gasteiger partial charge in [0.15, 0.2) is 0 Å². The lowest BCUT2D eigenvalue weighted by molar-refractivity contribution is 0.202. The molecule has 0 saturated carbocycles. The van der Waals surface area contributed by atoms with Gasteiger partial charge in [0.1, 0.15) is 17.2 Å². The standard InChI is InChI=1S/C22H25N3O4S/c1-14(21-23-24-22(29-21)19-6-5-11-30-19)25-9-7-15(8-10-25)20-17(27-3)12-16(26-2)13-18(20)28-4/h5-7,11-14H,8-10H2,1-4H3. The van der Waals surface area contributed by atoms with Crippen LogP contribution in [-0.2, 0) is 0 Å². The molecule has 1 aromatic carbocycles. The normalized spacial score (nSPS) is 15.5. The van der Waals surface area contributed by atoms with Gasteiger partial charge in [-0.3, -0.25) is 4.90 Å². The molecule has 0 fully saturated rings. The molecule has 0 aliphatic carbocycles. The first-order valence-corrected chi connectivity index (χ1v) is 10.6. The molecule has 1 aliphatic rings. The van der Waals surface area contributed by atoms with Crippen molar-refractivity contribution in [2.45, 2.75) is 19.4 Å². The summed E-state index contributed by atoms with van der Waals surface area (Å²) in [7, 11) is 4.96. The highest BCUT2D eigenvalue weighted by molar-refractivity contribution is 7.13. The zero-order chi connectivity index (χ0) is 21.1. The van der Waals surface area contributed by atoms with E-state index in [4.69, 9.17) is 18.6 Å². The van der Waals surface area contributed by atoms with Gasteiger partial charge in [0.25, 0.3) is 5.89 Å². The highest BCUT2D eigenvalue weighted by Crippen LogP contribution is 2.41. The van der Waals surface area contributed by atoms with Crippen LogP contribution in [-0.4, -0.2) is 49.5 Å². The second-order valence-electron chi connectivity index (χ2n) is 6.98. The Morgan fingerprint density at radius 2 is 1.87 bits per heavy atom. The van der Waals surface area contributed by atoms with Gasteiger partial charge < -0.3 is 18.6 Å². The lowest BCUT2D eigenvalue weighted by Gasteiger charge is -2.30. The molecule has 0 spiro atoms. The molecule has 0 saturated heterocycles. The first-order valence-electron chi connectivity index (χ1n) is 9.75. The Kier molecular flexibility index (Phi) is 6.06. The van der Waals surface area contributed by atoms with Crippen molar-refractivity contribution in [1.82, 2.24) is 15.1 Å². The molecule has 30 heavy (non-hydrogen) atoms. The molecule has 1 unspecified atom stereocenters. The lowest BCUT2D eigenvalue weighted by atomic mass is 9.96. The van der Waals surface area contributed by atoms with Gasteiger partial charge in [-0.1, -0.05) is 12.1 Å². The summed E-state index contributed by atoms with van der Waals surface area (Å²) in [6.07, 6.45) is 3.07. The quantitative estimate of drug-likeness (QED) is 0.542. The van der Waals surface area contributed by atoms with Gasteiger partial charge in [-0.25, -0.2) is 0 Å². The summed E-state index contributed by atoms with van der Waals surface area (Å²) in [6.45, 7) is 3.73. The molecule has 8 heteroatoms. The van der Waals surface area contributed by atoms with E-state index >= 15 is 0 Å². The molecule has 0 radical (unpaired) electrons. The number of ether oxygens (including phenoxy) is 3. The minimum Gasteiger partial charge on any atom is -0.496 e. The van der Waals surface area contributed by atoms with Crippen molar-refractivity contribution in [3.05, 3.63) is 47.2 Å². The van der Waals surface area contributed by atoms with E-state index in [0.29, 0.717) is 17.5 Å². The molecule has 0 bridgehead atoms. The third kappa shape index (κ3) is 3.93. The topological polar surface area (TPSA) is 69.9 Å². The second-order valence-corrected chi connectivity index (χ2v) is 7.93. The fraction of sp³-hybridized carbons (Fsp3) is 0.364. The molecule has 1 aliphatic heterocycles. The summed E-state index contributed by atoms with van der Waals surface area (Å²) in [5, 5.41) is 10.5. The van der Waals surface area contributed by atoms with E-state index in [1.807, 2.05) is 29.6 Å². The fourth-order valence-corrected chi connectivity index (χ4v) is 4.29. The Morgan fingerprint density at radius 1 is 1.10 bits per heavy atom. The summed E-state index contributed by atoms with van der Waals surface area (Å²) in [5.74, 6) is 3.41. The van der Waals surface area contributed by atoms with Crippen LogP contribution in [0, 0.1) is 0 Å². The van der Waals surface area contributed by atoms with Crippen LogP contribution in [0.5, 0.6) is 17.2 Å². The molecule has 2 aromatic heterocycles. The van der Waals surface area contributed by atoms with Crippen LogP contribution >= 0.6 is 11.3 Å². The number of hydrogen-bond donors (Lipinski definition) is 0. The number of benzene rings is 1. The van der Waals surface area contributed by atoms with E-state index in [0.717, 1.165) is 41.4 Å². The number of thiophene rings is 1. The van der Waals surface area contributed by atoms with Crippen LogP contribution in [0.25, 0.3) is 16.3 Å². The van der Waals surface area contributed by atoms with Crippen molar-refractivity contribution in [1.29, 1.82) is 0 Å². The molecular weight excluding hydrogens is 402 g/mol. The van der Waals surface area contributed by atoms with Crippen molar-refractivity contribution in [2.24, 2.45) is 0 Å². The van der Waals surface area contributed by atoms with Crippen LogP contribution in [0.4, 0.5) is 0 Å². The molecule has 4 rings (SSSR count). The van der Waals surface area contributed by atoms with Crippen LogP contribution in [0.3, 0.4) is 0 Å². The minimum atomic E-state index is 0.0312. The Bertz CT molecular complexity index is 1000. The third-order valence-corrected chi connectivity index (χ3v) is 6.21. The fourth-order valence-electron chi connectivity index (χ4n) is 3.65. The van der Waals surface area contributed by atoms with Gasteiger partial charge >= 0.3 is 0 Å². The molecule has 3 aromatic rings. The number of aromatic nitrogens is 2. The minimum absolute atomic E-state index is 0.0312. The predicted octanol–water partition coefficient (Wildman–Crippen LogP) is 4.67. The maximum atomic E-state index is 5.93. The summed E-state index contributed by atoms with van der Waals surface area (Å²) in [5.41, 5.74) is 2.17. The predicted molar refractivity (Wildman–Crippen MR) is 116 cm³/mol. The van der Waals surface area contributed by atoms with Crippen LogP contribution in [0.2, 0.25) is 0 Å². The summed E-state index contributed by atoms with van der Waals surface area (Å²) in [4.78, 5) is 3.30. The Hall–Kier alpha value is -2.84. The zero-order valence-corrected chi connectivity index (χ0v) is 18.4. The van der Waals surface area contributed by atoms with Crippen LogP contribution < -0.4 is 14.2 Å².